The van der Waals surface area contributed by atoms with E-state index in [0.29, 0.717) is 0 Å². The lowest BCUT2D eigenvalue weighted by Gasteiger charge is -2.44. The number of aliphatic hydroxyl groups is 2. The van der Waals surface area contributed by atoms with Gasteiger partial charge < -0.3 is 33.9 Å². The molecule has 0 saturated carbocycles. The molecule has 9 atom stereocenters. The molecule has 38 heavy (non-hydrogen) atoms. The van der Waals surface area contributed by atoms with Crippen LogP contribution < -0.4 is 0 Å². The summed E-state index contributed by atoms with van der Waals surface area (Å²) in [6, 6.07) is 6.14. The van der Waals surface area contributed by atoms with Crippen molar-refractivity contribution in [2.45, 2.75) is 80.1 Å². The van der Waals surface area contributed by atoms with E-state index in [1.54, 1.807) is 0 Å². The first-order valence-electron chi connectivity index (χ1n) is 11.6. The first-order valence-corrected chi connectivity index (χ1v) is 12.4. The van der Waals surface area contributed by atoms with Crippen LogP contribution in [0.5, 0.6) is 0 Å². The van der Waals surface area contributed by atoms with E-state index in [2.05, 4.69) is 20.1 Å². The maximum Gasteiger partial charge on any atom is 0.303 e. The minimum atomic E-state index is -1.47. The number of carbonyl (C=O) groups is 2. The Bertz CT molecular complexity index is 1080. The van der Waals surface area contributed by atoms with Crippen LogP contribution in [-0.4, -0.2) is 89.7 Å². The van der Waals surface area contributed by atoms with Crippen molar-refractivity contribution in [1.29, 1.82) is 0 Å². The van der Waals surface area contributed by atoms with Crippen LogP contribution in [0.15, 0.2) is 39.4 Å². The second kappa shape index (κ2) is 13.6. The van der Waals surface area contributed by atoms with Gasteiger partial charge in [0.25, 0.3) is 0 Å². The summed E-state index contributed by atoms with van der Waals surface area (Å²) >= 11 is 1.22. The van der Waals surface area contributed by atoms with Gasteiger partial charge in [-0.2, -0.15) is 0 Å². The molecule has 2 aliphatic heterocycles. The van der Waals surface area contributed by atoms with Gasteiger partial charge in [0.15, 0.2) is 18.5 Å². The van der Waals surface area contributed by atoms with E-state index in [-0.39, 0.29) is 6.54 Å². The Kier molecular flexibility index (Phi) is 10.6. The monoisotopic (exact) mass is 552 g/mol. The van der Waals surface area contributed by atoms with E-state index >= 15 is 0 Å². The summed E-state index contributed by atoms with van der Waals surface area (Å²) < 4.78 is 28.3. The number of hydrogen-bond acceptors (Lipinski definition) is 12. The Morgan fingerprint density at radius 2 is 1.68 bits per heavy atom. The molecule has 16 heteroatoms. The molecule has 2 N–H and O–H groups in total. The molecule has 2 aliphatic rings. The van der Waals surface area contributed by atoms with Crippen molar-refractivity contribution in [2.24, 2.45) is 10.2 Å². The number of ether oxygens (including phenoxy) is 5. The Balaban J connectivity index is 1.90. The number of azide groups is 2. The van der Waals surface area contributed by atoms with E-state index in [0.717, 1.165) is 24.3 Å². The van der Waals surface area contributed by atoms with Gasteiger partial charge in [-0.1, -0.05) is 39.7 Å². The summed E-state index contributed by atoms with van der Waals surface area (Å²) in [7, 11) is 0. The summed E-state index contributed by atoms with van der Waals surface area (Å²) in [5.41, 5.74) is 18.3. The molecular weight excluding hydrogens is 524 g/mol. The standard InChI is InChI=1S/C22H28N6O9S/c1-10-4-6-13(7-5-10)38-22-17(32)18(15(9-29)36-22)37-21-16(26-28-24)20(34-12(3)31)19(33-11(2)30)14(35-21)8-25-27-23/h4-7,14-22,29,32H,8-9H2,1-3H3/t14-,15+,16+,17+,18+,19+,20+,21+,22-/m0/s1. The predicted molar refractivity (Wildman–Crippen MR) is 130 cm³/mol. The maximum atomic E-state index is 11.9. The van der Waals surface area contributed by atoms with Gasteiger partial charge in [-0.25, -0.2) is 0 Å². The van der Waals surface area contributed by atoms with Crippen LogP contribution in [0.4, 0.5) is 0 Å². The van der Waals surface area contributed by atoms with Gasteiger partial charge in [0.1, 0.15) is 35.9 Å². The van der Waals surface area contributed by atoms with Crippen LogP contribution in [0.3, 0.4) is 0 Å². The molecule has 0 aromatic heterocycles. The lowest BCUT2D eigenvalue weighted by molar-refractivity contribution is -0.284. The molecule has 1 aromatic carbocycles. The number of carbonyl (C=O) groups excluding carboxylic acids is 2. The zero-order valence-corrected chi connectivity index (χ0v) is 21.6. The highest BCUT2D eigenvalue weighted by atomic mass is 32.2. The highest BCUT2D eigenvalue weighted by Crippen LogP contribution is 2.38. The molecule has 2 heterocycles. The highest BCUT2D eigenvalue weighted by Gasteiger charge is 2.53. The summed E-state index contributed by atoms with van der Waals surface area (Å²) in [6.07, 6.45) is -8.73. The van der Waals surface area contributed by atoms with Crippen molar-refractivity contribution in [3.8, 4) is 0 Å². The number of aliphatic hydroxyl groups excluding tert-OH is 2. The molecule has 1 aromatic rings. The van der Waals surface area contributed by atoms with Crippen molar-refractivity contribution >= 4 is 23.7 Å². The average molecular weight is 553 g/mol. The molecule has 0 radical (unpaired) electrons. The Morgan fingerprint density at radius 1 is 1.03 bits per heavy atom. The fourth-order valence-corrected chi connectivity index (χ4v) is 5.19. The molecule has 206 valence electrons. The van der Waals surface area contributed by atoms with E-state index in [4.69, 9.17) is 29.2 Å². The Morgan fingerprint density at radius 3 is 2.26 bits per heavy atom. The van der Waals surface area contributed by atoms with Crippen LogP contribution in [-0.2, 0) is 33.3 Å². The summed E-state index contributed by atoms with van der Waals surface area (Å²) in [5.74, 6) is -1.53. The van der Waals surface area contributed by atoms with E-state index in [1.807, 2.05) is 31.2 Å². The third-order valence-corrected chi connectivity index (χ3v) is 6.93. The van der Waals surface area contributed by atoms with Gasteiger partial charge in [0.2, 0.25) is 0 Å². The van der Waals surface area contributed by atoms with Crippen LogP contribution >= 0.6 is 11.8 Å². The number of nitrogens with zero attached hydrogens (tertiary/aromatic N) is 6. The summed E-state index contributed by atoms with van der Waals surface area (Å²) in [4.78, 5) is 30.0. The van der Waals surface area contributed by atoms with E-state index in [1.165, 1.54) is 11.8 Å². The van der Waals surface area contributed by atoms with Crippen molar-refractivity contribution in [3.63, 3.8) is 0 Å². The second-order valence-corrected chi connectivity index (χ2v) is 9.72. The van der Waals surface area contributed by atoms with Crippen LogP contribution in [0, 0.1) is 6.92 Å². The molecule has 3 rings (SSSR count). The molecule has 0 unspecified atom stereocenters. The lowest BCUT2D eigenvalue weighted by atomic mass is 9.96. The molecule has 2 saturated heterocycles. The lowest BCUT2D eigenvalue weighted by Crippen LogP contribution is -2.62. The van der Waals surface area contributed by atoms with Gasteiger partial charge in [0.05, 0.1) is 13.2 Å². The number of esters is 2. The third-order valence-electron chi connectivity index (χ3n) is 5.76. The van der Waals surface area contributed by atoms with Gasteiger partial charge in [-0.3, -0.25) is 9.59 Å². The van der Waals surface area contributed by atoms with E-state index < -0.39 is 72.9 Å². The van der Waals surface area contributed by atoms with Crippen molar-refractivity contribution in [2.75, 3.05) is 13.2 Å². The molecule has 0 bridgehead atoms. The minimum Gasteiger partial charge on any atom is -0.458 e. The minimum absolute atomic E-state index is 0.353. The topological polar surface area (TPSA) is 218 Å². The normalized spacial score (nSPS) is 32.5. The summed E-state index contributed by atoms with van der Waals surface area (Å²) in [6.45, 7) is 3.29. The van der Waals surface area contributed by atoms with Gasteiger partial charge in [-0.15, -0.1) is 0 Å². The highest BCUT2D eigenvalue weighted by molar-refractivity contribution is 7.99. The third kappa shape index (κ3) is 7.28. The van der Waals surface area contributed by atoms with Crippen molar-refractivity contribution in [3.05, 3.63) is 50.7 Å². The smallest absolute Gasteiger partial charge is 0.303 e. The zero-order chi connectivity index (χ0) is 27.8. The number of thioether (sulfide) groups is 1. The average Bonchev–Trinajstić information content (AvgIpc) is 3.16. The Hall–Kier alpha value is -3.07. The molecular formula is C22H28N6O9S. The quantitative estimate of drug-likeness (QED) is 0.186. The summed E-state index contributed by atoms with van der Waals surface area (Å²) in [5, 5.41) is 28.1. The molecule has 2 fully saturated rings. The second-order valence-electron chi connectivity index (χ2n) is 8.55. The zero-order valence-electron chi connectivity index (χ0n) is 20.8. The Labute approximate surface area is 221 Å². The maximum absolute atomic E-state index is 11.9. The molecule has 0 amide bonds. The van der Waals surface area contributed by atoms with Crippen LogP contribution in [0.1, 0.15) is 19.4 Å². The molecule has 0 aliphatic carbocycles. The SMILES string of the molecule is CC(=O)O[C@@H]1[C@@H](N=[N+]=[N-])[C@@H](O[C@H]2[C@@H](O)[C@H](Sc3ccc(C)cc3)O[C@@H]2CO)O[C@@H](CN=[N+]=[N-])[C@H]1OC(C)=O. The number of benzene rings is 1. The van der Waals surface area contributed by atoms with Gasteiger partial charge >= 0.3 is 11.9 Å². The van der Waals surface area contributed by atoms with Gasteiger partial charge in [-0.05, 0) is 30.1 Å². The fraction of sp³-hybridized carbons (Fsp3) is 0.636. The fourth-order valence-electron chi connectivity index (χ4n) is 4.13. The first-order chi connectivity index (χ1) is 18.2. The first kappa shape index (κ1) is 29.5. The van der Waals surface area contributed by atoms with Crippen molar-refractivity contribution < 1.29 is 43.5 Å². The van der Waals surface area contributed by atoms with E-state index in [9.17, 15) is 25.3 Å². The van der Waals surface area contributed by atoms with Gasteiger partial charge in [0, 0.05) is 28.6 Å². The van der Waals surface area contributed by atoms with Crippen LogP contribution in [0.2, 0.25) is 0 Å². The van der Waals surface area contributed by atoms with Crippen LogP contribution in [0.25, 0.3) is 20.9 Å². The number of hydrogen-bond donors (Lipinski definition) is 2. The molecule has 0 spiro atoms. The largest absolute Gasteiger partial charge is 0.458 e. The predicted octanol–water partition coefficient (Wildman–Crippen LogP) is 2.13. The van der Waals surface area contributed by atoms with Crippen molar-refractivity contribution in [1.82, 2.24) is 0 Å². The number of rotatable bonds is 10. The number of aryl methyl sites for hydroxylation is 1. The molecule has 15 nitrogen and oxygen atoms in total.